The molecular weight excluding hydrogens is 320 g/mol. The molecule has 24 heavy (non-hydrogen) atoms. The van der Waals surface area contributed by atoms with Gasteiger partial charge < -0.3 is 5.73 Å². The quantitative estimate of drug-likeness (QED) is 0.770. The Balaban J connectivity index is 1.51. The van der Waals surface area contributed by atoms with Crippen LogP contribution in [0, 0.1) is 0 Å². The normalized spacial score (nSPS) is 14.5. The molecule has 0 saturated heterocycles. The number of nitrogens with one attached hydrogen (secondary N) is 1. The van der Waals surface area contributed by atoms with E-state index in [2.05, 4.69) is 50.6 Å². The van der Waals surface area contributed by atoms with Crippen molar-refractivity contribution in [1.82, 2.24) is 14.9 Å². The van der Waals surface area contributed by atoms with Crippen molar-refractivity contribution in [3.05, 3.63) is 68.3 Å². The molecule has 0 aliphatic carbocycles. The Labute approximate surface area is 143 Å². The zero-order valence-electron chi connectivity index (χ0n) is 13.2. The molecule has 0 saturated carbocycles. The van der Waals surface area contributed by atoms with Crippen molar-refractivity contribution in [2.75, 3.05) is 12.3 Å². The number of benzene rings is 1. The van der Waals surface area contributed by atoms with E-state index in [4.69, 9.17) is 5.73 Å². The summed E-state index contributed by atoms with van der Waals surface area (Å²) in [4.78, 5) is 22.5. The van der Waals surface area contributed by atoms with Crippen molar-refractivity contribution in [2.45, 2.75) is 19.5 Å². The second-order valence-corrected chi connectivity index (χ2v) is 7.00. The Bertz CT molecular complexity index is 916. The van der Waals surface area contributed by atoms with Gasteiger partial charge in [0.05, 0.1) is 11.3 Å². The van der Waals surface area contributed by atoms with Crippen LogP contribution in [0.2, 0.25) is 0 Å². The third-order valence-corrected chi connectivity index (χ3v) is 5.23. The molecule has 3 heterocycles. The van der Waals surface area contributed by atoms with Crippen LogP contribution < -0.4 is 11.3 Å². The van der Waals surface area contributed by atoms with Crippen LogP contribution in [-0.4, -0.2) is 21.4 Å². The highest BCUT2D eigenvalue weighted by Gasteiger charge is 2.21. The first-order chi connectivity index (χ1) is 11.7. The molecule has 1 aliphatic rings. The van der Waals surface area contributed by atoms with Gasteiger partial charge in [-0.2, -0.15) is 0 Å². The topological polar surface area (TPSA) is 75.0 Å². The summed E-state index contributed by atoms with van der Waals surface area (Å²) in [5, 5.41) is 2.19. The molecule has 3 N–H and O–H groups in total. The highest BCUT2D eigenvalue weighted by molar-refractivity contribution is 7.10. The lowest BCUT2D eigenvalue weighted by Crippen LogP contribution is -2.35. The average Bonchev–Trinajstić information content (AvgIpc) is 3.05. The number of anilines is 1. The second-order valence-electron chi connectivity index (χ2n) is 6.00. The maximum Gasteiger partial charge on any atom is 0.257 e. The molecule has 0 unspecified atom stereocenters. The number of H-pyrrole nitrogens is 1. The smallest absolute Gasteiger partial charge is 0.257 e. The molecule has 0 radical (unpaired) electrons. The van der Waals surface area contributed by atoms with Crippen molar-refractivity contribution in [2.24, 2.45) is 0 Å². The fourth-order valence-corrected chi connectivity index (χ4v) is 4.04. The lowest BCUT2D eigenvalue weighted by Gasteiger charge is -2.26. The van der Waals surface area contributed by atoms with Crippen LogP contribution in [0.25, 0.3) is 11.1 Å². The number of fused-ring (bicyclic) bond motifs is 1. The maximum atomic E-state index is 12.1. The lowest BCUT2D eigenvalue weighted by molar-refractivity contribution is 0.244. The number of aromatic amines is 1. The fourth-order valence-electron chi connectivity index (χ4n) is 3.10. The van der Waals surface area contributed by atoms with Crippen molar-refractivity contribution >= 4 is 17.3 Å². The van der Waals surface area contributed by atoms with Gasteiger partial charge in [-0.25, -0.2) is 4.98 Å². The van der Waals surface area contributed by atoms with Crippen LogP contribution in [0.4, 0.5) is 5.95 Å². The lowest BCUT2D eigenvalue weighted by atomic mass is 10.1. The molecule has 4 rings (SSSR count). The van der Waals surface area contributed by atoms with E-state index >= 15 is 0 Å². The van der Waals surface area contributed by atoms with Crippen LogP contribution in [0.3, 0.4) is 0 Å². The molecule has 0 amide bonds. The van der Waals surface area contributed by atoms with Crippen LogP contribution in [0.5, 0.6) is 0 Å². The molecule has 0 bridgehead atoms. The number of hydrogen-bond acceptors (Lipinski definition) is 5. The van der Waals surface area contributed by atoms with Gasteiger partial charge >= 0.3 is 0 Å². The summed E-state index contributed by atoms with van der Waals surface area (Å²) in [6.45, 7) is 2.36. The average molecular weight is 338 g/mol. The molecule has 122 valence electrons. The monoisotopic (exact) mass is 338 g/mol. The van der Waals surface area contributed by atoms with Crippen molar-refractivity contribution < 1.29 is 0 Å². The van der Waals surface area contributed by atoms with E-state index in [1.807, 2.05) is 6.07 Å². The zero-order valence-corrected chi connectivity index (χ0v) is 14.0. The molecular formula is C18H18N4OS. The van der Waals surface area contributed by atoms with Crippen LogP contribution in [0.1, 0.15) is 16.1 Å². The van der Waals surface area contributed by atoms with Crippen LogP contribution in [0.15, 0.2) is 46.6 Å². The first kappa shape index (κ1) is 15.1. The van der Waals surface area contributed by atoms with Gasteiger partial charge in [0, 0.05) is 30.9 Å². The SMILES string of the molecule is Nc1nc2c(c(=O)[nH]1)CN(Cc1cc(-c3ccccc3)cs1)CC2. The van der Waals surface area contributed by atoms with Gasteiger partial charge in [0.15, 0.2) is 0 Å². The highest BCUT2D eigenvalue weighted by atomic mass is 32.1. The van der Waals surface area contributed by atoms with Gasteiger partial charge in [-0.3, -0.25) is 14.7 Å². The largest absolute Gasteiger partial charge is 0.369 e. The van der Waals surface area contributed by atoms with E-state index in [0.29, 0.717) is 6.54 Å². The van der Waals surface area contributed by atoms with Gasteiger partial charge in [-0.1, -0.05) is 30.3 Å². The van der Waals surface area contributed by atoms with E-state index in [0.717, 1.165) is 30.8 Å². The summed E-state index contributed by atoms with van der Waals surface area (Å²) in [6.07, 6.45) is 0.764. The minimum atomic E-state index is -0.113. The van der Waals surface area contributed by atoms with Crippen molar-refractivity contribution in [3.8, 4) is 11.1 Å². The first-order valence-corrected chi connectivity index (χ1v) is 8.80. The van der Waals surface area contributed by atoms with Gasteiger partial charge in [0.1, 0.15) is 0 Å². The first-order valence-electron chi connectivity index (χ1n) is 7.92. The molecule has 0 fully saturated rings. The Morgan fingerprint density at radius 2 is 2.08 bits per heavy atom. The van der Waals surface area contributed by atoms with Crippen LogP contribution >= 0.6 is 11.3 Å². The minimum Gasteiger partial charge on any atom is -0.369 e. The summed E-state index contributed by atoms with van der Waals surface area (Å²) in [5.74, 6) is 0.206. The van der Waals surface area contributed by atoms with Crippen LogP contribution in [-0.2, 0) is 19.5 Å². The number of rotatable bonds is 3. The Hall–Kier alpha value is -2.44. The number of nitrogen functional groups attached to an aromatic ring is 1. The standard InChI is InChI=1S/C18H18N4OS/c19-18-20-16-6-7-22(10-15(16)17(23)21-18)9-14-8-13(11-24-14)12-4-2-1-3-5-12/h1-5,8,11H,6-7,9-10H2,(H3,19,20,21,23). The summed E-state index contributed by atoms with van der Waals surface area (Å²) in [5.41, 5.74) is 9.58. The number of thiophene rings is 1. The number of nitrogens with zero attached hydrogens (tertiary/aromatic N) is 2. The summed E-state index contributed by atoms with van der Waals surface area (Å²) >= 11 is 1.76. The molecule has 0 atom stereocenters. The number of hydrogen-bond donors (Lipinski definition) is 2. The molecule has 1 aliphatic heterocycles. The molecule has 3 aromatic rings. The molecule has 2 aromatic heterocycles. The Morgan fingerprint density at radius 3 is 2.92 bits per heavy atom. The van der Waals surface area contributed by atoms with Crippen molar-refractivity contribution in [3.63, 3.8) is 0 Å². The van der Waals surface area contributed by atoms with Crippen molar-refractivity contribution in [1.29, 1.82) is 0 Å². The molecule has 5 nitrogen and oxygen atoms in total. The molecule has 0 spiro atoms. The minimum absolute atomic E-state index is 0.113. The number of aromatic nitrogens is 2. The molecule has 6 heteroatoms. The predicted octanol–water partition coefficient (Wildman–Crippen LogP) is 2.64. The van der Waals surface area contributed by atoms with E-state index in [1.54, 1.807) is 11.3 Å². The van der Waals surface area contributed by atoms with Gasteiger partial charge in [0.25, 0.3) is 5.56 Å². The number of nitrogens with two attached hydrogens (primary N) is 1. The predicted molar refractivity (Wildman–Crippen MR) is 96.8 cm³/mol. The Morgan fingerprint density at radius 1 is 1.25 bits per heavy atom. The second kappa shape index (κ2) is 6.22. The summed E-state index contributed by atoms with van der Waals surface area (Å²) < 4.78 is 0. The summed E-state index contributed by atoms with van der Waals surface area (Å²) in [7, 11) is 0. The maximum absolute atomic E-state index is 12.1. The highest BCUT2D eigenvalue weighted by Crippen LogP contribution is 2.27. The fraction of sp³-hybridized carbons (Fsp3) is 0.222. The van der Waals surface area contributed by atoms with Gasteiger partial charge in [-0.05, 0) is 22.6 Å². The van der Waals surface area contributed by atoms with Gasteiger partial charge in [-0.15, -0.1) is 11.3 Å². The molecule has 1 aromatic carbocycles. The summed E-state index contributed by atoms with van der Waals surface area (Å²) in [6, 6.07) is 12.6. The van der Waals surface area contributed by atoms with E-state index in [-0.39, 0.29) is 11.5 Å². The Kier molecular flexibility index (Phi) is 3.92. The zero-order chi connectivity index (χ0) is 16.5. The van der Waals surface area contributed by atoms with E-state index in [9.17, 15) is 4.79 Å². The van der Waals surface area contributed by atoms with E-state index in [1.165, 1.54) is 16.0 Å². The van der Waals surface area contributed by atoms with E-state index < -0.39 is 0 Å². The van der Waals surface area contributed by atoms with Gasteiger partial charge in [0.2, 0.25) is 5.95 Å². The third kappa shape index (κ3) is 2.98. The third-order valence-electron chi connectivity index (χ3n) is 4.31.